The third-order valence-electron chi connectivity index (χ3n) is 2.50. The van der Waals surface area contributed by atoms with E-state index >= 15 is 0 Å². The van der Waals surface area contributed by atoms with E-state index in [1.807, 2.05) is 6.92 Å². The normalized spacial score (nSPS) is 9.90. The number of carbonyl (C=O) groups excluding carboxylic acids is 1. The fourth-order valence-corrected chi connectivity index (χ4v) is 1.51. The summed E-state index contributed by atoms with van der Waals surface area (Å²) in [6.45, 7) is 2.72. The topological polar surface area (TPSA) is 90.7 Å². The second-order valence-corrected chi connectivity index (χ2v) is 4.04. The minimum absolute atomic E-state index is 0.0723. The van der Waals surface area contributed by atoms with Gasteiger partial charge in [0.05, 0.1) is 25.1 Å². The van der Waals surface area contributed by atoms with Crippen LogP contribution in [0.1, 0.15) is 19.8 Å². The maximum absolute atomic E-state index is 11.0. The van der Waals surface area contributed by atoms with Gasteiger partial charge in [-0.2, -0.15) is 0 Å². The maximum Gasteiger partial charge on any atom is 0.311 e. The molecule has 0 aromatic heterocycles. The van der Waals surface area contributed by atoms with Gasteiger partial charge in [0, 0.05) is 24.4 Å². The van der Waals surface area contributed by atoms with Crippen LogP contribution < -0.4 is 10.1 Å². The molecule has 1 rings (SSSR count). The van der Waals surface area contributed by atoms with E-state index < -0.39 is 4.92 Å². The molecule has 0 spiro atoms. The molecule has 0 atom stereocenters. The Labute approximate surface area is 117 Å². The SMILES string of the molecule is CCCOc1cc(NCCC(=O)OC)ccc1[N+](=O)[O-]. The third kappa shape index (κ3) is 4.75. The molecule has 0 unspecified atom stereocenters. The van der Waals surface area contributed by atoms with E-state index in [4.69, 9.17) is 4.74 Å². The van der Waals surface area contributed by atoms with Crippen LogP contribution in [-0.2, 0) is 9.53 Å². The van der Waals surface area contributed by atoms with Gasteiger partial charge in [-0.25, -0.2) is 0 Å². The monoisotopic (exact) mass is 282 g/mol. The zero-order valence-corrected chi connectivity index (χ0v) is 11.5. The van der Waals surface area contributed by atoms with Crippen molar-refractivity contribution in [2.24, 2.45) is 0 Å². The Bertz CT molecular complexity index is 476. The summed E-state index contributed by atoms with van der Waals surface area (Å²) in [4.78, 5) is 21.4. The number of carbonyl (C=O) groups is 1. The molecule has 0 aliphatic carbocycles. The van der Waals surface area contributed by atoms with Crippen LogP contribution in [0.25, 0.3) is 0 Å². The molecule has 110 valence electrons. The lowest BCUT2D eigenvalue weighted by molar-refractivity contribution is -0.385. The van der Waals surface area contributed by atoms with Crippen LogP contribution in [0.4, 0.5) is 11.4 Å². The lowest BCUT2D eigenvalue weighted by Gasteiger charge is -2.09. The van der Waals surface area contributed by atoms with Gasteiger partial charge in [-0.3, -0.25) is 14.9 Å². The highest BCUT2D eigenvalue weighted by Gasteiger charge is 2.15. The van der Waals surface area contributed by atoms with E-state index in [1.165, 1.54) is 13.2 Å². The van der Waals surface area contributed by atoms with Crippen molar-refractivity contribution < 1.29 is 19.2 Å². The summed E-state index contributed by atoms with van der Waals surface area (Å²) in [7, 11) is 1.32. The van der Waals surface area contributed by atoms with Gasteiger partial charge in [0.2, 0.25) is 0 Å². The molecule has 0 aliphatic heterocycles. The quantitative estimate of drug-likeness (QED) is 0.447. The third-order valence-corrected chi connectivity index (χ3v) is 2.50. The van der Waals surface area contributed by atoms with Gasteiger partial charge in [0.1, 0.15) is 0 Å². The number of rotatable bonds is 8. The largest absolute Gasteiger partial charge is 0.487 e. The maximum atomic E-state index is 11.0. The van der Waals surface area contributed by atoms with Crippen LogP contribution in [0.3, 0.4) is 0 Å². The Morgan fingerprint density at radius 2 is 2.20 bits per heavy atom. The second kappa shape index (κ2) is 7.98. The minimum Gasteiger partial charge on any atom is -0.487 e. The van der Waals surface area contributed by atoms with Crippen LogP contribution in [-0.4, -0.2) is 31.2 Å². The standard InChI is InChI=1S/C13H18N2O5/c1-3-8-20-12-9-10(4-5-11(12)15(17)18)14-7-6-13(16)19-2/h4-5,9,14H,3,6-8H2,1-2H3. The van der Waals surface area contributed by atoms with Crippen molar-refractivity contribution >= 4 is 17.3 Å². The number of hydrogen-bond acceptors (Lipinski definition) is 6. The summed E-state index contributed by atoms with van der Waals surface area (Å²) in [5.41, 5.74) is 0.586. The lowest BCUT2D eigenvalue weighted by atomic mass is 10.2. The Kier molecular flexibility index (Phi) is 6.28. The molecule has 7 heteroatoms. The first-order valence-corrected chi connectivity index (χ1v) is 6.30. The van der Waals surface area contributed by atoms with Crippen molar-refractivity contribution in [2.75, 3.05) is 25.6 Å². The van der Waals surface area contributed by atoms with Gasteiger partial charge in [0.25, 0.3) is 0 Å². The Morgan fingerprint density at radius 1 is 1.45 bits per heavy atom. The summed E-state index contributed by atoms with van der Waals surface area (Å²) < 4.78 is 9.89. The summed E-state index contributed by atoms with van der Waals surface area (Å²) in [6.07, 6.45) is 0.982. The molecule has 1 N–H and O–H groups in total. The summed E-state index contributed by atoms with van der Waals surface area (Å²) >= 11 is 0. The highest BCUT2D eigenvalue weighted by Crippen LogP contribution is 2.30. The molecule has 0 saturated carbocycles. The summed E-state index contributed by atoms with van der Waals surface area (Å²) in [5.74, 6) is -0.0956. The highest BCUT2D eigenvalue weighted by atomic mass is 16.6. The fourth-order valence-electron chi connectivity index (χ4n) is 1.51. The molecule has 0 heterocycles. The van der Waals surface area contributed by atoms with Gasteiger partial charge < -0.3 is 14.8 Å². The molecule has 0 saturated heterocycles. The number of anilines is 1. The molecule has 20 heavy (non-hydrogen) atoms. The predicted molar refractivity (Wildman–Crippen MR) is 74.0 cm³/mol. The number of nitrogens with one attached hydrogen (secondary N) is 1. The van der Waals surface area contributed by atoms with Gasteiger partial charge in [-0.05, 0) is 12.5 Å². The molecule has 0 bridgehead atoms. The van der Waals surface area contributed by atoms with Crippen molar-refractivity contribution in [1.82, 2.24) is 0 Å². The Hall–Kier alpha value is -2.31. The lowest BCUT2D eigenvalue weighted by Crippen LogP contribution is -2.10. The highest BCUT2D eigenvalue weighted by molar-refractivity contribution is 5.70. The van der Waals surface area contributed by atoms with Gasteiger partial charge in [-0.15, -0.1) is 0 Å². The minimum atomic E-state index is -0.483. The van der Waals surface area contributed by atoms with E-state index in [0.717, 1.165) is 6.42 Å². The zero-order chi connectivity index (χ0) is 15.0. The Morgan fingerprint density at radius 3 is 2.80 bits per heavy atom. The zero-order valence-electron chi connectivity index (χ0n) is 11.5. The molecule has 1 aromatic rings. The van der Waals surface area contributed by atoms with Crippen LogP contribution >= 0.6 is 0 Å². The van der Waals surface area contributed by atoms with Crippen LogP contribution in [0, 0.1) is 10.1 Å². The van der Waals surface area contributed by atoms with E-state index in [1.54, 1.807) is 12.1 Å². The number of esters is 1. The molecule has 1 aromatic carbocycles. The fraction of sp³-hybridized carbons (Fsp3) is 0.462. The summed E-state index contributed by atoms with van der Waals surface area (Å²) in [6, 6.07) is 4.52. The van der Waals surface area contributed by atoms with Crippen LogP contribution in [0.15, 0.2) is 18.2 Å². The molecule has 7 nitrogen and oxygen atoms in total. The van der Waals surface area contributed by atoms with Crippen molar-refractivity contribution in [3.8, 4) is 5.75 Å². The number of ether oxygens (including phenoxy) is 2. The number of nitrogens with zero attached hydrogens (tertiary/aromatic N) is 1. The van der Waals surface area contributed by atoms with Crippen LogP contribution in [0.5, 0.6) is 5.75 Å². The number of hydrogen-bond donors (Lipinski definition) is 1. The predicted octanol–water partition coefficient (Wildman–Crippen LogP) is 2.36. The van der Waals surface area contributed by atoms with Crippen molar-refractivity contribution in [3.05, 3.63) is 28.3 Å². The molecule has 0 aliphatic rings. The second-order valence-electron chi connectivity index (χ2n) is 4.04. The average molecular weight is 282 g/mol. The van der Waals surface area contributed by atoms with E-state index in [2.05, 4.69) is 10.1 Å². The molecular formula is C13H18N2O5. The van der Waals surface area contributed by atoms with E-state index in [-0.39, 0.29) is 23.8 Å². The Balaban J connectivity index is 2.73. The first kappa shape index (κ1) is 15.7. The van der Waals surface area contributed by atoms with Gasteiger partial charge in [0.15, 0.2) is 5.75 Å². The molecule has 0 fully saturated rings. The average Bonchev–Trinajstić information content (AvgIpc) is 2.44. The van der Waals surface area contributed by atoms with E-state index in [0.29, 0.717) is 18.8 Å². The smallest absolute Gasteiger partial charge is 0.311 e. The molecular weight excluding hydrogens is 264 g/mol. The first-order chi connectivity index (χ1) is 9.58. The number of benzene rings is 1. The van der Waals surface area contributed by atoms with Gasteiger partial charge >= 0.3 is 11.7 Å². The number of nitro benzene ring substituents is 1. The summed E-state index contributed by atoms with van der Waals surface area (Å²) in [5, 5.41) is 13.9. The molecule has 0 radical (unpaired) electrons. The van der Waals surface area contributed by atoms with Crippen LogP contribution in [0.2, 0.25) is 0 Å². The molecule has 0 amide bonds. The van der Waals surface area contributed by atoms with Gasteiger partial charge in [-0.1, -0.05) is 6.92 Å². The number of nitro groups is 1. The van der Waals surface area contributed by atoms with Crippen molar-refractivity contribution in [1.29, 1.82) is 0 Å². The van der Waals surface area contributed by atoms with E-state index in [9.17, 15) is 14.9 Å². The number of methoxy groups -OCH3 is 1. The van der Waals surface area contributed by atoms with Crippen molar-refractivity contribution in [2.45, 2.75) is 19.8 Å². The van der Waals surface area contributed by atoms with Crippen molar-refractivity contribution in [3.63, 3.8) is 0 Å². The first-order valence-electron chi connectivity index (χ1n) is 6.30.